The lowest BCUT2D eigenvalue weighted by Crippen LogP contribution is -2.40. The van der Waals surface area contributed by atoms with Crippen molar-refractivity contribution in [2.45, 2.75) is 33.2 Å². The number of anilines is 1. The van der Waals surface area contributed by atoms with Crippen LogP contribution in [0.2, 0.25) is 0 Å². The predicted octanol–water partition coefficient (Wildman–Crippen LogP) is 2.99. The van der Waals surface area contributed by atoms with E-state index in [2.05, 4.69) is 11.1 Å². The summed E-state index contributed by atoms with van der Waals surface area (Å²) in [6.07, 6.45) is 3.40. The molecule has 0 spiro atoms. The molecule has 0 unspecified atom stereocenters. The zero-order valence-electron chi connectivity index (χ0n) is 15.0. The van der Waals surface area contributed by atoms with Gasteiger partial charge in [-0.2, -0.15) is 0 Å². The minimum Gasteiger partial charge on any atom is -0.310 e. The molecule has 3 aromatic rings. The summed E-state index contributed by atoms with van der Waals surface area (Å²) in [5.41, 5.74) is 4.77. The number of para-hydroxylation sites is 2. The highest BCUT2D eigenvalue weighted by atomic mass is 16.2. The molecule has 0 N–H and O–H groups in total. The maximum absolute atomic E-state index is 13.0. The molecule has 1 aliphatic rings. The van der Waals surface area contributed by atoms with Gasteiger partial charge in [-0.1, -0.05) is 30.3 Å². The zero-order valence-corrected chi connectivity index (χ0v) is 15.0. The largest absolute Gasteiger partial charge is 0.310 e. The van der Waals surface area contributed by atoms with Crippen LogP contribution in [-0.4, -0.2) is 22.0 Å². The molecule has 0 saturated heterocycles. The number of amides is 1. The van der Waals surface area contributed by atoms with Crippen molar-refractivity contribution in [3.63, 3.8) is 0 Å². The lowest BCUT2D eigenvalue weighted by Gasteiger charge is -2.31. The Labute approximate surface area is 151 Å². The molecule has 1 aromatic heterocycles. The Bertz CT molecular complexity index is 1070. The molecular formula is C21H21N3O2. The summed E-state index contributed by atoms with van der Waals surface area (Å²) in [6, 6.07) is 11.7. The second-order valence-electron chi connectivity index (χ2n) is 6.88. The van der Waals surface area contributed by atoms with Gasteiger partial charge >= 0.3 is 0 Å². The zero-order chi connectivity index (χ0) is 18.3. The third-order valence-corrected chi connectivity index (χ3v) is 5.08. The molecule has 2 heterocycles. The minimum atomic E-state index is -0.172. The van der Waals surface area contributed by atoms with Crippen molar-refractivity contribution in [2.24, 2.45) is 0 Å². The highest BCUT2D eigenvalue weighted by molar-refractivity contribution is 5.95. The summed E-state index contributed by atoms with van der Waals surface area (Å²) in [5, 5.41) is 0.551. The fourth-order valence-corrected chi connectivity index (χ4v) is 3.78. The van der Waals surface area contributed by atoms with Crippen LogP contribution in [0.4, 0.5) is 5.69 Å². The quantitative estimate of drug-likeness (QED) is 0.716. The van der Waals surface area contributed by atoms with E-state index in [9.17, 15) is 9.59 Å². The third kappa shape index (κ3) is 2.69. The van der Waals surface area contributed by atoms with Gasteiger partial charge in [0.2, 0.25) is 5.91 Å². The van der Waals surface area contributed by atoms with E-state index < -0.39 is 0 Å². The Morgan fingerprint density at radius 1 is 1.12 bits per heavy atom. The summed E-state index contributed by atoms with van der Waals surface area (Å²) < 4.78 is 1.41. The molecule has 0 atom stereocenters. The van der Waals surface area contributed by atoms with Gasteiger partial charge in [0.1, 0.15) is 6.54 Å². The van der Waals surface area contributed by atoms with Gasteiger partial charge in [0.05, 0.1) is 17.2 Å². The first-order valence-corrected chi connectivity index (χ1v) is 8.90. The van der Waals surface area contributed by atoms with E-state index in [-0.39, 0.29) is 18.0 Å². The van der Waals surface area contributed by atoms with Crippen molar-refractivity contribution >= 4 is 22.5 Å². The van der Waals surface area contributed by atoms with Gasteiger partial charge in [0.25, 0.3) is 5.56 Å². The Hall–Kier alpha value is -2.95. The molecule has 132 valence electrons. The van der Waals surface area contributed by atoms with Crippen molar-refractivity contribution in [3.05, 3.63) is 69.8 Å². The number of aromatic nitrogens is 2. The highest BCUT2D eigenvalue weighted by Crippen LogP contribution is 2.30. The van der Waals surface area contributed by atoms with E-state index in [0.29, 0.717) is 17.4 Å². The predicted molar refractivity (Wildman–Crippen MR) is 103 cm³/mol. The first-order chi connectivity index (χ1) is 12.6. The molecule has 0 radical (unpaired) electrons. The van der Waals surface area contributed by atoms with E-state index in [1.807, 2.05) is 43.0 Å². The normalized spacial score (nSPS) is 13.7. The van der Waals surface area contributed by atoms with Crippen molar-refractivity contribution in [3.8, 4) is 0 Å². The minimum absolute atomic E-state index is 0.00346. The van der Waals surface area contributed by atoms with Gasteiger partial charge in [-0.15, -0.1) is 0 Å². The second-order valence-corrected chi connectivity index (χ2v) is 6.88. The average Bonchev–Trinajstić information content (AvgIpc) is 2.64. The van der Waals surface area contributed by atoms with Crippen LogP contribution in [0.1, 0.15) is 23.1 Å². The topological polar surface area (TPSA) is 55.2 Å². The number of aryl methyl sites for hydroxylation is 3. The van der Waals surface area contributed by atoms with Crippen LogP contribution in [0.25, 0.3) is 10.9 Å². The van der Waals surface area contributed by atoms with Crippen molar-refractivity contribution < 1.29 is 4.79 Å². The number of fused-ring (bicyclic) bond motifs is 2. The summed E-state index contributed by atoms with van der Waals surface area (Å²) in [7, 11) is 0. The number of carbonyl (C=O) groups is 1. The van der Waals surface area contributed by atoms with E-state index in [1.54, 1.807) is 6.07 Å². The molecule has 0 bridgehead atoms. The van der Waals surface area contributed by atoms with Crippen LogP contribution in [0.15, 0.2) is 47.5 Å². The maximum Gasteiger partial charge on any atom is 0.261 e. The van der Waals surface area contributed by atoms with E-state index in [0.717, 1.165) is 29.7 Å². The lowest BCUT2D eigenvalue weighted by atomic mass is 9.98. The number of benzene rings is 2. The number of hydrogen-bond donors (Lipinski definition) is 0. The molecular weight excluding hydrogens is 326 g/mol. The van der Waals surface area contributed by atoms with Gasteiger partial charge < -0.3 is 4.90 Å². The first kappa shape index (κ1) is 16.5. The van der Waals surface area contributed by atoms with Crippen LogP contribution in [-0.2, 0) is 17.8 Å². The summed E-state index contributed by atoms with van der Waals surface area (Å²) >= 11 is 0. The van der Waals surface area contributed by atoms with E-state index >= 15 is 0 Å². The summed E-state index contributed by atoms with van der Waals surface area (Å²) in [6.45, 7) is 4.64. The average molecular weight is 347 g/mol. The molecule has 4 rings (SSSR count). The third-order valence-electron chi connectivity index (χ3n) is 5.08. The molecule has 2 aromatic carbocycles. The number of carbonyl (C=O) groups excluding carboxylic acids is 1. The monoisotopic (exact) mass is 347 g/mol. The summed E-state index contributed by atoms with van der Waals surface area (Å²) in [5.74, 6) is -0.0730. The van der Waals surface area contributed by atoms with Gasteiger partial charge in [0, 0.05) is 12.2 Å². The molecule has 5 nitrogen and oxygen atoms in total. The van der Waals surface area contributed by atoms with Crippen LogP contribution in [0, 0.1) is 13.8 Å². The standard InChI is InChI=1S/C21H21N3O2/c1-14-6-4-10-17-19(14)22-13-23(21(17)26)12-18(25)24-11-5-9-16-8-3-7-15(2)20(16)24/h3-4,6-8,10,13H,5,9,11-12H2,1-2H3. The Balaban J connectivity index is 1.69. The van der Waals surface area contributed by atoms with Crippen LogP contribution >= 0.6 is 0 Å². The van der Waals surface area contributed by atoms with E-state index in [1.165, 1.54) is 16.5 Å². The van der Waals surface area contributed by atoms with Crippen LogP contribution in [0.3, 0.4) is 0 Å². The molecule has 26 heavy (non-hydrogen) atoms. The second kappa shape index (κ2) is 6.41. The first-order valence-electron chi connectivity index (χ1n) is 8.90. The SMILES string of the molecule is Cc1cccc2c1N(C(=O)Cn1cnc3c(C)cccc3c1=O)CCC2. The number of hydrogen-bond acceptors (Lipinski definition) is 3. The van der Waals surface area contributed by atoms with Crippen LogP contribution in [0.5, 0.6) is 0 Å². The fraction of sp³-hybridized carbons (Fsp3) is 0.286. The smallest absolute Gasteiger partial charge is 0.261 e. The molecule has 1 aliphatic heterocycles. The Morgan fingerprint density at radius 2 is 1.88 bits per heavy atom. The number of nitrogens with zero attached hydrogens (tertiary/aromatic N) is 3. The van der Waals surface area contributed by atoms with Crippen molar-refractivity contribution in [2.75, 3.05) is 11.4 Å². The van der Waals surface area contributed by atoms with Gasteiger partial charge in [-0.3, -0.25) is 14.2 Å². The molecule has 0 saturated carbocycles. The Kier molecular flexibility index (Phi) is 4.07. The Morgan fingerprint density at radius 3 is 2.73 bits per heavy atom. The van der Waals surface area contributed by atoms with Gasteiger partial charge in [-0.25, -0.2) is 4.98 Å². The van der Waals surface area contributed by atoms with Crippen LogP contribution < -0.4 is 10.5 Å². The van der Waals surface area contributed by atoms with E-state index in [4.69, 9.17) is 0 Å². The van der Waals surface area contributed by atoms with Gasteiger partial charge in [-0.05, 0) is 49.4 Å². The lowest BCUT2D eigenvalue weighted by molar-refractivity contribution is -0.119. The number of rotatable bonds is 2. The van der Waals surface area contributed by atoms with Gasteiger partial charge in [0.15, 0.2) is 0 Å². The summed E-state index contributed by atoms with van der Waals surface area (Å²) in [4.78, 5) is 32.0. The molecule has 5 heteroatoms. The molecule has 0 aliphatic carbocycles. The molecule has 0 fully saturated rings. The van der Waals surface area contributed by atoms with Crippen molar-refractivity contribution in [1.82, 2.24) is 9.55 Å². The maximum atomic E-state index is 13.0. The highest BCUT2D eigenvalue weighted by Gasteiger charge is 2.24. The molecule has 1 amide bonds. The fourth-order valence-electron chi connectivity index (χ4n) is 3.78. The van der Waals surface area contributed by atoms with Crippen molar-refractivity contribution in [1.29, 1.82) is 0 Å².